The van der Waals surface area contributed by atoms with Gasteiger partial charge in [-0.3, -0.25) is 9.59 Å². The van der Waals surface area contributed by atoms with Crippen molar-refractivity contribution in [2.24, 2.45) is 0 Å². The first kappa shape index (κ1) is 18.2. The summed E-state index contributed by atoms with van der Waals surface area (Å²) >= 11 is 0. The van der Waals surface area contributed by atoms with Crippen molar-refractivity contribution >= 4 is 23.2 Å². The largest absolute Gasteiger partial charge is 0.459 e. The van der Waals surface area contributed by atoms with Crippen molar-refractivity contribution in [2.45, 2.75) is 25.4 Å². The first-order chi connectivity index (χ1) is 12.5. The van der Waals surface area contributed by atoms with Crippen molar-refractivity contribution in [3.63, 3.8) is 0 Å². The zero-order valence-corrected chi connectivity index (χ0v) is 14.9. The minimum absolute atomic E-state index is 0.145. The number of ether oxygens (including phenoxy) is 1. The van der Waals surface area contributed by atoms with Gasteiger partial charge >= 0.3 is 0 Å². The van der Waals surface area contributed by atoms with Crippen LogP contribution in [0.4, 0.5) is 11.4 Å². The first-order valence-electron chi connectivity index (χ1n) is 8.57. The molecular weight excluding hydrogens is 334 g/mol. The number of aryl methyl sites for hydroxylation is 1. The van der Waals surface area contributed by atoms with Gasteiger partial charge in [-0.05, 0) is 68.8 Å². The molecule has 1 saturated heterocycles. The molecule has 0 aliphatic carbocycles. The summed E-state index contributed by atoms with van der Waals surface area (Å²) in [6.07, 6.45) is 2.71. The number of benzene rings is 1. The summed E-state index contributed by atoms with van der Waals surface area (Å²) in [5.74, 6) is -0.217. The molecule has 0 spiro atoms. The lowest BCUT2D eigenvalue weighted by molar-refractivity contribution is -0.140. The van der Waals surface area contributed by atoms with Gasteiger partial charge in [-0.2, -0.15) is 0 Å². The number of hydrogen-bond donors (Lipinski definition) is 3. The summed E-state index contributed by atoms with van der Waals surface area (Å²) in [4.78, 5) is 24.8. The van der Waals surface area contributed by atoms with Crippen LogP contribution < -0.4 is 16.0 Å². The highest BCUT2D eigenvalue weighted by Crippen LogP contribution is 2.26. The second kappa shape index (κ2) is 7.72. The Morgan fingerprint density at radius 1 is 1.19 bits per heavy atom. The van der Waals surface area contributed by atoms with Crippen molar-refractivity contribution in [1.82, 2.24) is 5.32 Å². The number of hydrogen-bond acceptors (Lipinski definition) is 5. The maximum atomic E-state index is 12.7. The molecule has 0 radical (unpaired) electrons. The molecule has 2 heterocycles. The number of anilines is 2. The van der Waals surface area contributed by atoms with Crippen molar-refractivity contribution in [1.29, 1.82) is 0 Å². The smallest absolute Gasteiger partial charge is 0.291 e. The third-order valence-electron chi connectivity index (χ3n) is 4.69. The topological polar surface area (TPSA) is 92.6 Å². The highest BCUT2D eigenvalue weighted by atomic mass is 16.5. The fourth-order valence-corrected chi connectivity index (χ4v) is 3.07. The van der Waals surface area contributed by atoms with Gasteiger partial charge in [0.05, 0.1) is 6.26 Å². The van der Waals surface area contributed by atoms with E-state index in [1.807, 2.05) is 13.0 Å². The van der Waals surface area contributed by atoms with Crippen LogP contribution in [0.5, 0.6) is 0 Å². The van der Waals surface area contributed by atoms with Crippen molar-refractivity contribution in [2.75, 3.05) is 30.8 Å². The van der Waals surface area contributed by atoms with Crippen molar-refractivity contribution in [3.05, 3.63) is 47.9 Å². The van der Waals surface area contributed by atoms with Crippen LogP contribution in [-0.4, -0.2) is 37.6 Å². The summed E-state index contributed by atoms with van der Waals surface area (Å²) < 4.78 is 10.6. The molecule has 1 aromatic heterocycles. The number of carbonyl (C=O) groups is 2. The van der Waals surface area contributed by atoms with Crippen LogP contribution in [0.2, 0.25) is 0 Å². The Morgan fingerprint density at radius 2 is 1.96 bits per heavy atom. The second-order valence-electron chi connectivity index (χ2n) is 6.36. The van der Waals surface area contributed by atoms with Gasteiger partial charge in [0.1, 0.15) is 5.60 Å². The Morgan fingerprint density at radius 3 is 2.58 bits per heavy atom. The van der Waals surface area contributed by atoms with E-state index in [1.54, 1.807) is 31.4 Å². The molecule has 3 rings (SSSR count). The standard InChI is InChI=1S/C19H23N3O4/c1-13-12-14(21-18(24)19(25-2)7-9-20-10-8-19)5-6-15(13)22-17(23)16-4-3-11-26-16/h3-6,11-12,20H,7-10H2,1-2H3,(H,21,24)(H,22,23). The normalized spacial score (nSPS) is 16.1. The van der Waals surface area contributed by atoms with E-state index >= 15 is 0 Å². The molecular formula is C19H23N3O4. The summed E-state index contributed by atoms with van der Waals surface area (Å²) in [5.41, 5.74) is 1.36. The number of rotatable bonds is 5. The minimum atomic E-state index is -0.800. The molecule has 2 aromatic rings. The maximum Gasteiger partial charge on any atom is 0.291 e. The van der Waals surface area contributed by atoms with E-state index in [9.17, 15) is 9.59 Å². The summed E-state index contributed by atoms with van der Waals surface area (Å²) in [6.45, 7) is 3.36. The zero-order chi connectivity index (χ0) is 18.6. The quantitative estimate of drug-likeness (QED) is 0.765. The Hall–Kier alpha value is -2.64. The van der Waals surface area contributed by atoms with E-state index in [4.69, 9.17) is 9.15 Å². The lowest BCUT2D eigenvalue weighted by atomic mass is 9.91. The highest BCUT2D eigenvalue weighted by Gasteiger charge is 2.39. The van der Waals surface area contributed by atoms with Gasteiger partial charge in [-0.1, -0.05) is 0 Å². The van der Waals surface area contributed by atoms with Gasteiger partial charge in [0, 0.05) is 18.5 Å². The van der Waals surface area contributed by atoms with Gasteiger partial charge in [0.2, 0.25) is 0 Å². The molecule has 138 valence electrons. The molecule has 1 aliphatic heterocycles. The fraction of sp³-hybridized carbons (Fsp3) is 0.368. The lowest BCUT2D eigenvalue weighted by Gasteiger charge is -2.34. The third-order valence-corrected chi connectivity index (χ3v) is 4.69. The summed E-state index contributed by atoms with van der Waals surface area (Å²) in [6, 6.07) is 8.59. The molecule has 7 heteroatoms. The fourth-order valence-electron chi connectivity index (χ4n) is 3.07. The molecule has 1 aliphatic rings. The van der Waals surface area contributed by atoms with E-state index in [0.717, 1.165) is 18.7 Å². The van der Waals surface area contributed by atoms with E-state index in [1.165, 1.54) is 6.26 Å². The zero-order valence-electron chi connectivity index (χ0n) is 14.9. The number of methoxy groups -OCH3 is 1. The average molecular weight is 357 g/mol. The molecule has 1 aromatic carbocycles. The summed E-state index contributed by atoms with van der Waals surface area (Å²) in [5, 5.41) is 8.96. The van der Waals surface area contributed by atoms with Crippen molar-refractivity contribution < 1.29 is 18.7 Å². The van der Waals surface area contributed by atoms with E-state index in [0.29, 0.717) is 24.2 Å². The molecule has 0 bridgehead atoms. The van der Waals surface area contributed by atoms with Crippen molar-refractivity contribution in [3.8, 4) is 0 Å². The first-order valence-corrected chi connectivity index (χ1v) is 8.57. The SMILES string of the molecule is COC1(C(=O)Nc2ccc(NC(=O)c3ccco3)c(C)c2)CCNCC1. The maximum absolute atomic E-state index is 12.7. The average Bonchev–Trinajstić information content (AvgIpc) is 3.19. The molecule has 0 saturated carbocycles. The van der Waals surface area contributed by atoms with Crippen LogP contribution in [0.3, 0.4) is 0 Å². The van der Waals surface area contributed by atoms with Crippen LogP contribution in [-0.2, 0) is 9.53 Å². The molecule has 0 atom stereocenters. The molecule has 3 N–H and O–H groups in total. The van der Waals surface area contributed by atoms with Crippen LogP contribution in [0.25, 0.3) is 0 Å². The Bertz CT molecular complexity index is 780. The third kappa shape index (κ3) is 3.79. The number of amides is 2. The Balaban J connectivity index is 1.69. The number of nitrogens with one attached hydrogen (secondary N) is 3. The predicted octanol–water partition coefficient (Wildman–Crippen LogP) is 2.55. The van der Waals surface area contributed by atoms with Crippen LogP contribution in [0, 0.1) is 6.92 Å². The lowest BCUT2D eigenvalue weighted by Crippen LogP contribution is -2.51. The molecule has 26 heavy (non-hydrogen) atoms. The van der Waals surface area contributed by atoms with E-state index in [-0.39, 0.29) is 17.6 Å². The second-order valence-corrected chi connectivity index (χ2v) is 6.36. The van der Waals surface area contributed by atoms with E-state index in [2.05, 4.69) is 16.0 Å². The number of furan rings is 1. The van der Waals surface area contributed by atoms with E-state index < -0.39 is 5.60 Å². The minimum Gasteiger partial charge on any atom is -0.459 e. The van der Waals surface area contributed by atoms with Crippen LogP contribution in [0.15, 0.2) is 41.0 Å². The Labute approximate surface area is 152 Å². The van der Waals surface area contributed by atoms with Gasteiger partial charge in [-0.15, -0.1) is 0 Å². The van der Waals surface area contributed by atoms with Gasteiger partial charge in [-0.25, -0.2) is 0 Å². The van der Waals surface area contributed by atoms with Gasteiger partial charge in [0.15, 0.2) is 5.76 Å². The van der Waals surface area contributed by atoms with Gasteiger partial charge in [0.25, 0.3) is 11.8 Å². The molecule has 1 fully saturated rings. The number of piperidine rings is 1. The van der Waals surface area contributed by atoms with Gasteiger partial charge < -0.3 is 25.1 Å². The monoisotopic (exact) mass is 357 g/mol. The molecule has 0 unspecified atom stereocenters. The van der Waals surface area contributed by atoms with Crippen LogP contribution >= 0.6 is 0 Å². The Kier molecular flexibility index (Phi) is 5.39. The number of carbonyl (C=O) groups excluding carboxylic acids is 2. The molecule has 2 amide bonds. The predicted molar refractivity (Wildman–Crippen MR) is 98.3 cm³/mol. The highest BCUT2D eigenvalue weighted by molar-refractivity contribution is 6.03. The molecule has 7 nitrogen and oxygen atoms in total. The van der Waals surface area contributed by atoms with Crippen LogP contribution in [0.1, 0.15) is 29.0 Å². The summed E-state index contributed by atoms with van der Waals surface area (Å²) in [7, 11) is 1.57.